The van der Waals surface area contributed by atoms with Gasteiger partial charge >= 0.3 is 0 Å². The van der Waals surface area contributed by atoms with Crippen LogP contribution in [-0.4, -0.2) is 32.9 Å². The number of anilines is 1. The van der Waals surface area contributed by atoms with E-state index in [0.29, 0.717) is 44.5 Å². The molecule has 0 spiro atoms. The van der Waals surface area contributed by atoms with Crippen LogP contribution < -0.4 is 15.6 Å². The molecule has 3 aromatic carbocycles. The van der Waals surface area contributed by atoms with Crippen molar-refractivity contribution in [2.24, 2.45) is 7.05 Å². The summed E-state index contributed by atoms with van der Waals surface area (Å²) in [7, 11) is 3.33. The lowest BCUT2D eigenvalue weighted by molar-refractivity contribution is -0.115. The maximum Gasteiger partial charge on any atom is 0.295 e. The second-order valence-corrected chi connectivity index (χ2v) is 9.69. The Morgan fingerprint density at radius 2 is 1.64 bits per heavy atom. The third kappa shape index (κ3) is 4.64. The maximum absolute atomic E-state index is 13.5. The number of fused-ring (bicyclic) bond motifs is 1. The second-order valence-electron chi connectivity index (χ2n) is 9.26. The summed E-state index contributed by atoms with van der Waals surface area (Å²) in [5, 5.41) is 4.07. The van der Waals surface area contributed by atoms with Crippen LogP contribution >= 0.6 is 11.6 Å². The van der Waals surface area contributed by atoms with Crippen molar-refractivity contribution in [1.82, 2.24) is 13.9 Å². The summed E-state index contributed by atoms with van der Waals surface area (Å²) >= 11 is 6.02. The molecule has 2 heterocycles. The summed E-state index contributed by atoms with van der Waals surface area (Å²) < 4.78 is 10.2. The number of hydrogen-bond donors (Lipinski definition) is 1. The Hall–Kier alpha value is -4.56. The van der Waals surface area contributed by atoms with Crippen molar-refractivity contribution in [3.8, 4) is 11.4 Å². The minimum absolute atomic E-state index is 0.0461. The van der Waals surface area contributed by atoms with Gasteiger partial charge in [-0.1, -0.05) is 29.8 Å². The Kier molecular flexibility index (Phi) is 6.89. The molecule has 0 saturated carbocycles. The highest BCUT2D eigenvalue weighted by molar-refractivity contribution is 6.30. The third-order valence-corrected chi connectivity index (χ3v) is 7.24. The number of ether oxygens (including phenoxy) is 1. The number of aromatic nitrogens is 3. The molecule has 0 radical (unpaired) electrons. The van der Waals surface area contributed by atoms with Crippen molar-refractivity contribution >= 4 is 40.0 Å². The van der Waals surface area contributed by atoms with Crippen LogP contribution in [0.5, 0.6) is 5.75 Å². The van der Waals surface area contributed by atoms with E-state index in [9.17, 15) is 14.4 Å². The Balaban J connectivity index is 1.53. The van der Waals surface area contributed by atoms with Gasteiger partial charge in [-0.3, -0.25) is 23.6 Å². The lowest BCUT2D eigenvalue weighted by Crippen LogP contribution is -2.23. The average molecular weight is 543 g/mol. The Bertz CT molecular complexity index is 1780. The topological polar surface area (TPSA) is 87.3 Å². The van der Waals surface area contributed by atoms with E-state index in [2.05, 4.69) is 5.32 Å². The highest BCUT2D eigenvalue weighted by Crippen LogP contribution is 2.31. The first-order valence-electron chi connectivity index (χ1n) is 12.3. The van der Waals surface area contributed by atoms with Crippen LogP contribution in [0.1, 0.15) is 27.3 Å². The van der Waals surface area contributed by atoms with E-state index in [4.69, 9.17) is 16.3 Å². The van der Waals surface area contributed by atoms with E-state index in [1.54, 1.807) is 73.7 Å². The van der Waals surface area contributed by atoms with Gasteiger partial charge in [0.05, 0.1) is 30.4 Å². The van der Waals surface area contributed by atoms with Crippen LogP contribution in [0, 0.1) is 13.8 Å². The molecule has 5 aromatic rings. The predicted octanol–water partition coefficient (Wildman–Crippen LogP) is 5.28. The van der Waals surface area contributed by atoms with Gasteiger partial charge in [-0.2, -0.15) is 0 Å². The van der Waals surface area contributed by atoms with Gasteiger partial charge in [0.25, 0.3) is 11.5 Å². The van der Waals surface area contributed by atoms with Crippen LogP contribution in [0.25, 0.3) is 16.6 Å². The number of carbonyl (C=O) groups is 2. The number of nitrogens with one attached hydrogen (secondary N) is 1. The highest BCUT2D eigenvalue weighted by atomic mass is 35.5. The normalized spacial score (nSPS) is 11.1. The number of benzene rings is 3. The van der Waals surface area contributed by atoms with E-state index in [1.807, 2.05) is 36.4 Å². The number of amides is 1. The fraction of sp³-hybridized carbons (Fsp3) is 0.167. The minimum atomic E-state index is -0.370. The Morgan fingerprint density at radius 1 is 0.949 bits per heavy atom. The fourth-order valence-electron chi connectivity index (χ4n) is 4.85. The number of nitrogens with zero attached hydrogens (tertiary/aromatic N) is 3. The molecule has 0 bridgehead atoms. The molecule has 5 rings (SSSR count). The average Bonchev–Trinajstić information content (AvgIpc) is 3.32. The van der Waals surface area contributed by atoms with Crippen molar-refractivity contribution < 1.29 is 14.3 Å². The molecule has 0 fully saturated rings. The SMILES string of the molecule is COc1ccc2c(c1)c(CC(=O)Nc1c(C)n(C)n(-c3ccccc3)c1=O)c(C)n2C(=O)c1ccc(Cl)cc1. The molecule has 9 heteroatoms. The van der Waals surface area contributed by atoms with Crippen molar-refractivity contribution in [3.05, 3.63) is 111 Å². The molecule has 0 unspecified atom stereocenters. The third-order valence-electron chi connectivity index (χ3n) is 6.99. The molecule has 0 atom stereocenters. The first kappa shape index (κ1) is 26.1. The summed E-state index contributed by atoms with van der Waals surface area (Å²) in [5.41, 5.74) is 3.61. The van der Waals surface area contributed by atoms with Gasteiger partial charge in [-0.25, -0.2) is 4.68 Å². The quantitative estimate of drug-likeness (QED) is 0.316. The number of para-hydroxylation sites is 1. The molecule has 1 N–H and O–H groups in total. The molecular weight excluding hydrogens is 516 g/mol. The minimum Gasteiger partial charge on any atom is -0.497 e. The van der Waals surface area contributed by atoms with Crippen LogP contribution in [0.3, 0.4) is 0 Å². The van der Waals surface area contributed by atoms with Gasteiger partial charge in [-0.15, -0.1) is 0 Å². The van der Waals surface area contributed by atoms with E-state index in [-0.39, 0.29) is 29.5 Å². The molecule has 0 aliphatic carbocycles. The van der Waals surface area contributed by atoms with Gasteiger partial charge in [0, 0.05) is 28.7 Å². The van der Waals surface area contributed by atoms with Gasteiger partial charge in [-0.05, 0) is 74.0 Å². The lowest BCUT2D eigenvalue weighted by atomic mass is 10.1. The molecule has 198 valence electrons. The van der Waals surface area contributed by atoms with Crippen molar-refractivity contribution in [3.63, 3.8) is 0 Å². The standard InChI is InChI=1S/C30H27ClN4O4/c1-18-24(17-27(36)32-28-19(2)33(3)35(30(28)38)22-8-6-5-7-9-22)25-16-23(39-4)14-15-26(25)34(18)29(37)20-10-12-21(31)13-11-20/h5-16H,17H2,1-4H3,(H,32,36). The first-order valence-corrected chi connectivity index (χ1v) is 12.7. The molecular formula is C30H27ClN4O4. The molecule has 1 amide bonds. The first-order chi connectivity index (χ1) is 18.7. The van der Waals surface area contributed by atoms with Gasteiger partial charge in [0.2, 0.25) is 5.91 Å². The van der Waals surface area contributed by atoms with Crippen molar-refractivity contribution in [1.29, 1.82) is 0 Å². The summed E-state index contributed by atoms with van der Waals surface area (Å²) in [4.78, 5) is 40.2. The van der Waals surface area contributed by atoms with E-state index >= 15 is 0 Å². The second kappa shape index (κ2) is 10.3. The number of rotatable bonds is 6. The number of carbonyl (C=O) groups excluding carboxylic acids is 2. The van der Waals surface area contributed by atoms with Gasteiger partial charge < -0.3 is 10.1 Å². The summed E-state index contributed by atoms with van der Waals surface area (Å²) in [6.45, 7) is 3.59. The largest absolute Gasteiger partial charge is 0.497 e. The van der Waals surface area contributed by atoms with Gasteiger partial charge in [0.1, 0.15) is 11.4 Å². The lowest BCUT2D eigenvalue weighted by Gasteiger charge is -2.08. The molecule has 0 aliphatic rings. The Labute approximate surface area is 230 Å². The molecule has 0 saturated heterocycles. The number of methoxy groups -OCH3 is 1. The number of halogens is 1. The zero-order valence-electron chi connectivity index (χ0n) is 22.0. The van der Waals surface area contributed by atoms with E-state index < -0.39 is 0 Å². The van der Waals surface area contributed by atoms with Crippen molar-refractivity contribution in [2.45, 2.75) is 20.3 Å². The summed E-state index contributed by atoms with van der Waals surface area (Å²) in [5.74, 6) is -0.00883. The van der Waals surface area contributed by atoms with Crippen LogP contribution in [0.15, 0.2) is 77.6 Å². The van der Waals surface area contributed by atoms with Crippen LogP contribution in [0.2, 0.25) is 5.02 Å². The molecule has 0 aliphatic heterocycles. The molecule has 2 aromatic heterocycles. The highest BCUT2D eigenvalue weighted by Gasteiger charge is 2.24. The van der Waals surface area contributed by atoms with Crippen LogP contribution in [0.4, 0.5) is 5.69 Å². The van der Waals surface area contributed by atoms with Crippen LogP contribution in [-0.2, 0) is 18.3 Å². The summed E-state index contributed by atoms with van der Waals surface area (Å²) in [6.07, 6.45) is -0.0461. The van der Waals surface area contributed by atoms with E-state index in [0.717, 1.165) is 5.39 Å². The maximum atomic E-state index is 13.5. The fourth-order valence-corrected chi connectivity index (χ4v) is 4.98. The van der Waals surface area contributed by atoms with Crippen molar-refractivity contribution in [2.75, 3.05) is 12.4 Å². The summed E-state index contributed by atoms with van der Waals surface area (Å²) in [6, 6.07) is 21.3. The smallest absolute Gasteiger partial charge is 0.295 e. The molecule has 8 nitrogen and oxygen atoms in total. The van der Waals surface area contributed by atoms with E-state index in [1.165, 1.54) is 4.68 Å². The monoisotopic (exact) mass is 542 g/mol. The number of hydrogen-bond acceptors (Lipinski definition) is 4. The zero-order valence-corrected chi connectivity index (χ0v) is 22.7. The zero-order chi connectivity index (χ0) is 27.8. The molecule has 39 heavy (non-hydrogen) atoms. The predicted molar refractivity (Wildman–Crippen MR) is 152 cm³/mol. The van der Waals surface area contributed by atoms with Gasteiger partial charge in [0.15, 0.2) is 0 Å². The Morgan fingerprint density at radius 3 is 2.31 bits per heavy atom.